The van der Waals surface area contributed by atoms with Crippen LogP contribution in [-0.4, -0.2) is 47.3 Å². The lowest BCUT2D eigenvalue weighted by atomic mass is 10.0. The first-order valence-corrected chi connectivity index (χ1v) is 20.5. The fraction of sp³-hybridized carbons (Fsp3) is 0.182. The third kappa shape index (κ3) is 11.7. The largest absolute Gasteiger partial charge is 0.324 e. The molecule has 4 amide bonds. The Bertz CT molecular complexity index is 2460. The van der Waals surface area contributed by atoms with E-state index in [0.29, 0.717) is 33.9 Å². The SMILES string of the molecule is CC(=O)C(N=Nc1cc(C(=O)Nc2ccccc2CCl)ccc1Cl)C(=O)Nc1ccc(NC(=O)C(N=Nc2cc(C(=O)Nc3ccccc3CCl)ccc2Cl)C(C)=O)c(C)c1C. The molecule has 0 aliphatic carbocycles. The van der Waals surface area contributed by atoms with Crippen LogP contribution >= 0.6 is 46.4 Å². The number of rotatable bonds is 16. The Balaban J connectivity index is 1.27. The van der Waals surface area contributed by atoms with E-state index in [2.05, 4.69) is 41.7 Å². The van der Waals surface area contributed by atoms with Gasteiger partial charge in [-0.25, -0.2) is 0 Å². The van der Waals surface area contributed by atoms with Crippen LogP contribution in [0.2, 0.25) is 10.0 Å². The first-order valence-electron chi connectivity index (χ1n) is 18.7. The van der Waals surface area contributed by atoms with Crippen molar-refractivity contribution < 1.29 is 28.8 Å². The number of nitrogens with zero attached hydrogens (tertiary/aromatic N) is 4. The number of nitrogens with one attached hydrogen (secondary N) is 4. The molecule has 5 aromatic rings. The lowest BCUT2D eigenvalue weighted by Gasteiger charge is -2.17. The number of hydrogen-bond acceptors (Lipinski definition) is 10. The molecule has 5 rings (SSSR count). The fourth-order valence-electron chi connectivity index (χ4n) is 5.74. The van der Waals surface area contributed by atoms with Gasteiger partial charge in [-0.3, -0.25) is 28.8 Å². The van der Waals surface area contributed by atoms with E-state index in [1.165, 1.54) is 62.4 Å². The number of hydrogen-bond donors (Lipinski definition) is 4. The molecule has 318 valence electrons. The maximum atomic E-state index is 13.4. The van der Waals surface area contributed by atoms with Crippen molar-refractivity contribution in [2.24, 2.45) is 20.5 Å². The number of carbonyl (C=O) groups is 6. The fourth-order valence-corrected chi connectivity index (χ4v) is 6.51. The first kappa shape index (κ1) is 46.7. The van der Waals surface area contributed by atoms with Crippen LogP contribution in [0, 0.1) is 13.8 Å². The average Bonchev–Trinajstić information content (AvgIpc) is 3.24. The van der Waals surface area contributed by atoms with Crippen LogP contribution in [0.4, 0.5) is 34.1 Å². The third-order valence-electron chi connectivity index (χ3n) is 9.37. The number of anilines is 4. The second kappa shape index (κ2) is 21.5. The minimum Gasteiger partial charge on any atom is -0.324 e. The highest BCUT2D eigenvalue weighted by Gasteiger charge is 2.27. The smallest absolute Gasteiger partial charge is 0.258 e. The lowest BCUT2D eigenvalue weighted by molar-refractivity contribution is -0.127. The monoisotopic (exact) mass is 914 g/mol. The Hall–Kier alpha value is -6.32. The molecule has 0 heterocycles. The van der Waals surface area contributed by atoms with Crippen molar-refractivity contribution in [2.75, 3.05) is 21.3 Å². The normalized spacial score (nSPS) is 12.1. The zero-order valence-electron chi connectivity index (χ0n) is 33.6. The number of ketones is 2. The summed E-state index contributed by atoms with van der Waals surface area (Å²) in [5, 5.41) is 27.2. The zero-order chi connectivity index (χ0) is 45.1. The van der Waals surface area contributed by atoms with Gasteiger partial charge in [0.1, 0.15) is 11.4 Å². The predicted octanol–water partition coefficient (Wildman–Crippen LogP) is 11.0. The van der Waals surface area contributed by atoms with Crippen molar-refractivity contribution in [1.29, 1.82) is 0 Å². The Morgan fingerprint density at radius 2 is 0.887 bits per heavy atom. The summed E-state index contributed by atoms with van der Waals surface area (Å²) in [7, 11) is 0. The van der Waals surface area contributed by atoms with Gasteiger partial charge in [0.25, 0.3) is 23.6 Å². The summed E-state index contributed by atoms with van der Waals surface area (Å²) < 4.78 is 0. The highest BCUT2D eigenvalue weighted by molar-refractivity contribution is 6.33. The molecule has 0 spiro atoms. The van der Waals surface area contributed by atoms with Crippen molar-refractivity contribution in [3.8, 4) is 0 Å². The second-order valence-electron chi connectivity index (χ2n) is 13.7. The van der Waals surface area contributed by atoms with E-state index in [0.717, 1.165) is 11.1 Å². The van der Waals surface area contributed by atoms with Crippen LogP contribution in [0.1, 0.15) is 56.8 Å². The van der Waals surface area contributed by atoms with Gasteiger partial charge in [0.05, 0.1) is 10.0 Å². The van der Waals surface area contributed by atoms with Gasteiger partial charge >= 0.3 is 0 Å². The summed E-state index contributed by atoms with van der Waals surface area (Å²) in [6.45, 7) is 5.70. The van der Waals surface area contributed by atoms with E-state index in [9.17, 15) is 28.8 Å². The number of azo groups is 2. The van der Waals surface area contributed by atoms with Crippen molar-refractivity contribution >= 4 is 116 Å². The molecule has 0 radical (unpaired) electrons. The molecule has 18 heteroatoms. The molecule has 0 saturated carbocycles. The predicted molar refractivity (Wildman–Crippen MR) is 242 cm³/mol. The molecule has 62 heavy (non-hydrogen) atoms. The molecular weight excluding hydrogens is 878 g/mol. The van der Waals surface area contributed by atoms with E-state index < -0.39 is 47.3 Å². The highest BCUT2D eigenvalue weighted by Crippen LogP contribution is 2.31. The molecule has 14 nitrogen and oxygen atoms in total. The van der Waals surface area contributed by atoms with E-state index in [1.54, 1.807) is 62.4 Å². The number of amides is 4. The summed E-state index contributed by atoms with van der Waals surface area (Å²) in [5.74, 6) is -3.42. The van der Waals surface area contributed by atoms with Crippen molar-refractivity contribution in [3.63, 3.8) is 0 Å². The topological polar surface area (TPSA) is 200 Å². The second-order valence-corrected chi connectivity index (χ2v) is 15.0. The summed E-state index contributed by atoms with van der Waals surface area (Å²) in [4.78, 5) is 78.1. The molecule has 0 aliphatic rings. The van der Waals surface area contributed by atoms with E-state index in [-0.39, 0.29) is 44.3 Å². The van der Waals surface area contributed by atoms with Gasteiger partial charge in [0.2, 0.25) is 12.1 Å². The maximum Gasteiger partial charge on any atom is 0.258 e. The summed E-state index contributed by atoms with van der Waals surface area (Å²) in [5.41, 5.74) is 4.60. The third-order valence-corrected chi connectivity index (χ3v) is 10.6. The summed E-state index contributed by atoms with van der Waals surface area (Å²) in [6.07, 6.45) is 0. The summed E-state index contributed by atoms with van der Waals surface area (Å²) in [6, 6.07) is 22.5. The Morgan fingerprint density at radius 1 is 0.516 bits per heavy atom. The minimum atomic E-state index is -1.59. The molecule has 4 N–H and O–H groups in total. The number of benzene rings is 5. The Kier molecular flexibility index (Phi) is 16.2. The Morgan fingerprint density at radius 3 is 1.24 bits per heavy atom. The van der Waals surface area contributed by atoms with Gasteiger partial charge in [-0.1, -0.05) is 59.6 Å². The number of carbonyl (C=O) groups excluding carboxylic acids is 6. The van der Waals surface area contributed by atoms with Gasteiger partial charge in [-0.15, -0.1) is 23.2 Å². The number of alkyl halides is 2. The first-order chi connectivity index (χ1) is 29.6. The zero-order valence-corrected chi connectivity index (χ0v) is 36.6. The summed E-state index contributed by atoms with van der Waals surface area (Å²) >= 11 is 24.7. The van der Waals surface area contributed by atoms with E-state index >= 15 is 0 Å². The molecule has 0 saturated heterocycles. The molecule has 0 bridgehead atoms. The van der Waals surface area contributed by atoms with E-state index in [1.807, 2.05) is 0 Å². The number of para-hydroxylation sites is 2. The van der Waals surface area contributed by atoms with Gasteiger partial charge in [0, 0.05) is 45.6 Å². The van der Waals surface area contributed by atoms with Crippen LogP contribution in [0.15, 0.2) is 118 Å². The van der Waals surface area contributed by atoms with Crippen molar-refractivity contribution in [3.05, 3.63) is 140 Å². The van der Waals surface area contributed by atoms with Crippen LogP contribution in [-0.2, 0) is 30.9 Å². The standard InChI is InChI=1S/C44H38Cl4N8O6/c1-23-24(2)34(50-44(62)40(26(4)58)56-54-38-20-28(14-16-32(38)48)42(60)52-36-12-8-6-10-30(36)22-46)18-17-33(23)49-43(61)39(25(3)57)55-53-37-19-27(13-15-31(37)47)41(59)51-35-11-7-5-9-29(35)21-45/h5-20,39-40H,21-22H2,1-4H3,(H,49,61)(H,50,62)(H,51,59)(H,52,60). The highest BCUT2D eigenvalue weighted by atomic mass is 35.5. The van der Waals surface area contributed by atoms with Crippen LogP contribution < -0.4 is 21.3 Å². The quantitative estimate of drug-likeness (QED) is 0.0431. The van der Waals surface area contributed by atoms with Gasteiger partial charge in [-0.2, -0.15) is 20.5 Å². The van der Waals surface area contributed by atoms with Crippen LogP contribution in [0.25, 0.3) is 0 Å². The molecule has 5 aromatic carbocycles. The lowest BCUT2D eigenvalue weighted by Crippen LogP contribution is -2.33. The number of Topliss-reactive ketones (excluding diaryl/α,β-unsaturated/α-hetero) is 2. The molecule has 0 fully saturated rings. The van der Waals surface area contributed by atoms with Gasteiger partial charge in [-0.05, 0) is 111 Å². The Labute approximate surface area is 376 Å². The molecular formula is C44H38Cl4N8O6. The average molecular weight is 917 g/mol. The molecule has 2 unspecified atom stereocenters. The molecule has 2 atom stereocenters. The minimum absolute atomic E-state index is 0.0452. The van der Waals surface area contributed by atoms with Gasteiger partial charge < -0.3 is 21.3 Å². The van der Waals surface area contributed by atoms with E-state index in [4.69, 9.17) is 46.4 Å². The van der Waals surface area contributed by atoms with Crippen LogP contribution in [0.5, 0.6) is 0 Å². The van der Waals surface area contributed by atoms with Gasteiger partial charge in [0.15, 0.2) is 11.6 Å². The molecule has 0 aliphatic heterocycles. The van der Waals surface area contributed by atoms with Crippen LogP contribution in [0.3, 0.4) is 0 Å². The molecule has 0 aromatic heterocycles. The van der Waals surface area contributed by atoms with Crippen molar-refractivity contribution in [2.45, 2.75) is 51.5 Å². The number of halogens is 4. The maximum absolute atomic E-state index is 13.4. The van der Waals surface area contributed by atoms with Crippen molar-refractivity contribution in [1.82, 2.24) is 0 Å².